The number of benzene rings is 1. The summed E-state index contributed by atoms with van der Waals surface area (Å²) >= 11 is 0. The van der Waals surface area contributed by atoms with Gasteiger partial charge in [0.05, 0.1) is 12.1 Å². The van der Waals surface area contributed by atoms with E-state index in [4.69, 9.17) is 0 Å². The Morgan fingerprint density at radius 2 is 2.11 bits per heavy atom. The van der Waals surface area contributed by atoms with Gasteiger partial charge >= 0.3 is 0 Å². The quantitative estimate of drug-likeness (QED) is 0.843. The van der Waals surface area contributed by atoms with Crippen LogP contribution in [0.25, 0.3) is 0 Å². The van der Waals surface area contributed by atoms with Gasteiger partial charge in [0.25, 0.3) is 0 Å². The van der Waals surface area contributed by atoms with Crippen molar-refractivity contribution in [2.45, 2.75) is 50.6 Å². The second kappa shape index (κ2) is 5.81. The van der Waals surface area contributed by atoms with Gasteiger partial charge in [-0.15, -0.1) is 0 Å². The van der Waals surface area contributed by atoms with Crippen LogP contribution in [0.4, 0.5) is 4.39 Å². The summed E-state index contributed by atoms with van der Waals surface area (Å²) in [6.07, 6.45) is 5.54. The summed E-state index contributed by atoms with van der Waals surface area (Å²) in [6, 6.07) is 7.02. The van der Waals surface area contributed by atoms with E-state index < -0.39 is 5.54 Å². The zero-order valence-electron chi connectivity index (χ0n) is 11.0. The predicted molar refractivity (Wildman–Crippen MR) is 70.8 cm³/mol. The molecule has 0 amide bonds. The Balaban J connectivity index is 2.24. The molecule has 1 atom stereocenters. The van der Waals surface area contributed by atoms with Gasteiger partial charge in [0.1, 0.15) is 5.82 Å². The number of hydrogen-bond donors (Lipinski definition) is 2. The standard InChI is InChI=1S/C15H22FNO/c1-2-15(11-18,17-14-8-3-4-9-14)12-6-5-7-13(16)10-12/h5-7,10,14,17-18H,2-4,8-9,11H2,1H3. The predicted octanol–water partition coefficient (Wildman–Crippen LogP) is 2.96. The Morgan fingerprint density at radius 3 is 2.67 bits per heavy atom. The smallest absolute Gasteiger partial charge is 0.123 e. The highest BCUT2D eigenvalue weighted by molar-refractivity contribution is 5.26. The molecule has 0 radical (unpaired) electrons. The van der Waals surface area contributed by atoms with E-state index in [0.717, 1.165) is 24.8 Å². The number of rotatable bonds is 5. The van der Waals surface area contributed by atoms with Crippen molar-refractivity contribution in [1.82, 2.24) is 5.32 Å². The largest absolute Gasteiger partial charge is 0.394 e. The summed E-state index contributed by atoms with van der Waals surface area (Å²) in [7, 11) is 0. The van der Waals surface area contributed by atoms with Gasteiger partial charge in [-0.3, -0.25) is 0 Å². The molecule has 1 aromatic carbocycles. The van der Waals surface area contributed by atoms with Gasteiger partial charge in [-0.2, -0.15) is 0 Å². The van der Waals surface area contributed by atoms with Gasteiger partial charge in [0.15, 0.2) is 0 Å². The minimum atomic E-state index is -0.503. The summed E-state index contributed by atoms with van der Waals surface area (Å²) in [4.78, 5) is 0. The van der Waals surface area contributed by atoms with Crippen molar-refractivity contribution in [3.05, 3.63) is 35.6 Å². The van der Waals surface area contributed by atoms with Crippen LogP contribution in [0.3, 0.4) is 0 Å². The van der Waals surface area contributed by atoms with Gasteiger partial charge in [0.2, 0.25) is 0 Å². The molecule has 100 valence electrons. The maximum atomic E-state index is 13.4. The molecular weight excluding hydrogens is 229 g/mol. The monoisotopic (exact) mass is 251 g/mol. The minimum Gasteiger partial charge on any atom is -0.394 e. The van der Waals surface area contributed by atoms with Crippen LogP contribution in [0.2, 0.25) is 0 Å². The minimum absolute atomic E-state index is 0.00343. The second-order valence-corrected chi connectivity index (χ2v) is 5.23. The molecule has 1 aromatic rings. The van der Waals surface area contributed by atoms with E-state index in [2.05, 4.69) is 5.32 Å². The summed E-state index contributed by atoms with van der Waals surface area (Å²) in [5.41, 5.74) is 0.344. The van der Waals surface area contributed by atoms with Crippen molar-refractivity contribution in [3.63, 3.8) is 0 Å². The first-order chi connectivity index (χ1) is 8.70. The molecule has 1 saturated carbocycles. The lowest BCUT2D eigenvalue weighted by molar-refractivity contribution is 0.141. The van der Waals surface area contributed by atoms with Crippen molar-refractivity contribution in [3.8, 4) is 0 Å². The molecule has 2 N–H and O–H groups in total. The number of aliphatic hydroxyl groups excluding tert-OH is 1. The van der Waals surface area contributed by atoms with Crippen LogP contribution in [0.1, 0.15) is 44.6 Å². The highest BCUT2D eigenvalue weighted by Crippen LogP contribution is 2.29. The zero-order valence-corrected chi connectivity index (χ0v) is 11.0. The summed E-state index contributed by atoms with van der Waals surface area (Å²) in [5.74, 6) is -0.244. The number of aliphatic hydroxyl groups is 1. The lowest BCUT2D eigenvalue weighted by Gasteiger charge is -2.35. The van der Waals surface area contributed by atoms with Crippen molar-refractivity contribution >= 4 is 0 Å². The summed E-state index contributed by atoms with van der Waals surface area (Å²) in [6.45, 7) is 2.03. The van der Waals surface area contributed by atoms with Crippen molar-refractivity contribution in [1.29, 1.82) is 0 Å². The molecular formula is C15H22FNO. The molecule has 1 aliphatic rings. The Labute approximate surface area is 108 Å². The van der Waals surface area contributed by atoms with E-state index in [-0.39, 0.29) is 12.4 Å². The third-order valence-corrected chi connectivity index (χ3v) is 4.09. The van der Waals surface area contributed by atoms with E-state index in [1.54, 1.807) is 6.07 Å². The van der Waals surface area contributed by atoms with E-state index in [0.29, 0.717) is 6.04 Å². The van der Waals surface area contributed by atoms with Gasteiger partial charge in [-0.1, -0.05) is 31.9 Å². The van der Waals surface area contributed by atoms with Crippen LogP contribution in [0.5, 0.6) is 0 Å². The average molecular weight is 251 g/mol. The topological polar surface area (TPSA) is 32.3 Å². The fraction of sp³-hybridized carbons (Fsp3) is 0.600. The molecule has 0 aromatic heterocycles. The fourth-order valence-electron chi connectivity index (χ4n) is 2.89. The molecule has 1 unspecified atom stereocenters. The maximum Gasteiger partial charge on any atom is 0.123 e. The molecule has 1 fully saturated rings. The molecule has 2 rings (SSSR count). The molecule has 0 saturated heterocycles. The van der Waals surface area contributed by atoms with Crippen LogP contribution in [-0.4, -0.2) is 17.8 Å². The zero-order chi connectivity index (χ0) is 13.0. The lowest BCUT2D eigenvalue weighted by Crippen LogP contribution is -2.49. The van der Waals surface area contributed by atoms with E-state index in [1.807, 2.05) is 13.0 Å². The Hall–Kier alpha value is -0.930. The van der Waals surface area contributed by atoms with Crippen LogP contribution in [-0.2, 0) is 5.54 Å². The lowest BCUT2D eigenvalue weighted by atomic mass is 9.87. The van der Waals surface area contributed by atoms with E-state index in [9.17, 15) is 9.50 Å². The molecule has 3 heteroatoms. The first-order valence-electron chi connectivity index (χ1n) is 6.85. The van der Waals surface area contributed by atoms with Crippen molar-refractivity contribution in [2.24, 2.45) is 0 Å². The van der Waals surface area contributed by atoms with Crippen molar-refractivity contribution < 1.29 is 9.50 Å². The van der Waals surface area contributed by atoms with Gasteiger partial charge in [-0.05, 0) is 37.0 Å². The summed E-state index contributed by atoms with van der Waals surface area (Å²) in [5, 5.41) is 13.4. The third kappa shape index (κ3) is 2.73. The average Bonchev–Trinajstić information content (AvgIpc) is 2.89. The molecule has 1 aliphatic carbocycles. The van der Waals surface area contributed by atoms with Gasteiger partial charge in [-0.25, -0.2) is 4.39 Å². The molecule has 0 aliphatic heterocycles. The van der Waals surface area contributed by atoms with Crippen LogP contribution >= 0.6 is 0 Å². The van der Waals surface area contributed by atoms with E-state index >= 15 is 0 Å². The van der Waals surface area contributed by atoms with Gasteiger partial charge in [0, 0.05) is 6.04 Å². The molecule has 2 nitrogen and oxygen atoms in total. The SMILES string of the molecule is CCC(CO)(NC1CCCC1)c1cccc(F)c1. The highest BCUT2D eigenvalue weighted by atomic mass is 19.1. The van der Waals surface area contributed by atoms with Crippen LogP contribution in [0.15, 0.2) is 24.3 Å². The molecule has 0 bridgehead atoms. The maximum absolute atomic E-state index is 13.4. The van der Waals surface area contributed by atoms with E-state index in [1.165, 1.54) is 25.0 Å². The van der Waals surface area contributed by atoms with Crippen LogP contribution in [0, 0.1) is 5.82 Å². The molecule has 0 heterocycles. The number of halogens is 1. The highest BCUT2D eigenvalue weighted by Gasteiger charge is 2.33. The normalized spacial score (nSPS) is 19.9. The Morgan fingerprint density at radius 1 is 1.39 bits per heavy atom. The molecule has 0 spiro atoms. The fourth-order valence-corrected chi connectivity index (χ4v) is 2.89. The van der Waals surface area contributed by atoms with Crippen molar-refractivity contribution in [2.75, 3.05) is 6.61 Å². The number of nitrogens with one attached hydrogen (secondary N) is 1. The third-order valence-electron chi connectivity index (χ3n) is 4.09. The first kappa shape index (κ1) is 13.5. The van der Waals surface area contributed by atoms with Gasteiger partial charge < -0.3 is 10.4 Å². The van der Waals surface area contributed by atoms with Crippen LogP contribution < -0.4 is 5.32 Å². The number of hydrogen-bond acceptors (Lipinski definition) is 2. The Kier molecular flexibility index (Phi) is 4.36. The summed E-state index contributed by atoms with van der Waals surface area (Å²) < 4.78 is 13.4. The second-order valence-electron chi connectivity index (χ2n) is 5.23. The first-order valence-corrected chi connectivity index (χ1v) is 6.85. The Bertz CT molecular complexity index is 384. The molecule has 18 heavy (non-hydrogen) atoms.